The van der Waals surface area contributed by atoms with Crippen LogP contribution in [0.1, 0.15) is 37.0 Å². The summed E-state index contributed by atoms with van der Waals surface area (Å²) >= 11 is 0. The molecule has 0 fully saturated rings. The van der Waals surface area contributed by atoms with Gasteiger partial charge in [-0.05, 0) is 24.6 Å². The number of anilines is 1. The molecule has 0 aliphatic rings. The number of hydrogen-bond acceptors (Lipinski definition) is 3. The molecule has 1 rings (SSSR count). The molecule has 0 bridgehead atoms. The first-order chi connectivity index (χ1) is 9.47. The number of halogens is 1. The lowest BCUT2D eigenvalue weighted by atomic mass is 10.1. The summed E-state index contributed by atoms with van der Waals surface area (Å²) in [6, 6.07) is 5.24. The molecule has 2 amide bonds. The normalized spacial score (nSPS) is 11.3. The van der Waals surface area contributed by atoms with Crippen LogP contribution >= 0.6 is 0 Å². The largest absolute Gasteiger partial charge is 0.348 e. The van der Waals surface area contributed by atoms with Crippen molar-refractivity contribution in [1.29, 1.82) is 5.26 Å². The van der Waals surface area contributed by atoms with E-state index in [1.165, 1.54) is 13.0 Å². The molecule has 1 atom stereocenters. The van der Waals surface area contributed by atoms with Crippen LogP contribution in [-0.4, -0.2) is 17.9 Å². The number of nitrogens with zero attached hydrogens (tertiary/aromatic N) is 1. The first kappa shape index (κ1) is 15.6. The van der Waals surface area contributed by atoms with Gasteiger partial charge < -0.3 is 10.6 Å². The summed E-state index contributed by atoms with van der Waals surface area (Å²) in [5.41, 5.74) is 0.278. The number of hydrogen-bond donors (Lipinski definition) is 2. The highest BCUT2D eigenvalue weighted by molar-refractivity contribution is 6.03. The van der Waals surface area contributed by atoms with E-state index in [1.807, 2.05) is 13.0 Å². The van der Waals surface area contributed by atoms with Crippen LogP contribution in [0.15, 0.2) is 18.2 Å². The monoisotopic (exact) mass is 277 g/mol. The molecular weight excluding hydrogens is 261 g/mol. The summed E-state index contributed by atoms with van der Waals surface area (Å²) in [5, 5.41) is 13.7. The van der Waals surface area contributed by atoms with Gasteiger partial charge in [0, 0.05) is 13.0 Å². The standard InChI is InChI=1S/C14H16FN3O2/c1-3-11(6-7-16)18-14(20)12-5-4-10(15)8-13(12)17-9(2)19/h4-5,8,11H,3,6H2,1-2H3,(H,17,19)(H,18,20). The van der Waals surface area contributed by atoms with Crippen LogP contribution in [0.2, 0.25) is 0 Å². The molecule has 0 heterocycles. The van der Waals surface area contributed by atoms with Crippen LogP contribution < -0.4 is 10.6 Å². The Hall–Kier alpha value is -2.42. The molecule has 106 valence electrons. The third-order valence-corrected chi connectivity index (χ3v) is 2.70. The van der Waals surface area contributed by atoms with Crippen LogP contribution in [0.25, 0.3) is 0 Å². The second-order valence-corrected chi connectivity index (χ2v) is 4.31. The Balaban J connectivity index is 2.97. The molecule has 1 unspecified atom stereocenters. The van der Waals surface area contributed by atoms with Crippen molar-refractivity contribution in [2.24, 2.45) is 0 Å². The Labute approximate surface area is 116 Å². The zero-order chi connectivity index (χ0) is 15.1. The van der Waals surface area contributed by atoms with Crippen LogP contribution in [0.4, 0.5) is 10.1 Å². The molecule has 0 spiro atoms. The molecule has 0 saturated carbocycles. The van der Waals surface area contributed by atoms with Gasteiger partial charge >= 0.3 is 0 Å². The summed E-state index contributed by atoms with van der Waals surface area (Å²) < 4.78 is 13.2. The van der Waals surface area contributed by atoms with E-state index in [0.717, 1.165) is 12.1 Å². The molecule has 0 radical (unpaired) electrons. The molecule has 20 heavy (non-hydrogen) atoms. The zero-order valence-electron chi connectivity index (χ0n) is 11.4. The second kappa shape index (κ2) is 7.24. The van der Waals surface area contributed by atoms with Crippen molar-refractivity contribution >= 4 is 17.5 Å². The summed E-state index contributed by atoms with van der Waals surface area (Å²) in [5.74, 6) is -1.39. The minimum atomic E-state index is -0.547. The molecule has 0 saturated heterocycles. The molecule has 0 aromatic heterocycles. The average molecular weight is 277 g/mol. The van der Waals surface area contributed by atoms with Crippen molar-refractivity contribution in [3.8, 4) is 6.07 Å². The van der Waals surface area contributed by atoms with Gasteiger partial charge in [-0.3, -0.25) is 9.59 Å². The minimum Gasteiger partial charge on any atom is -0.348 e. The molecule has 6 heteroatoms. The summed E-state index contributed by atoms with van der Waals surface area (Å²) in [7, 11) is 0. The van der Waals surface area contributed by atoms with E-state index in [1.54, 1.807) is 0 Å². The van der Waals surface area contributed by atoms with E-state index in [2.05, 4.69) is 10.6 Å². The lowest BCUT2D eigenvalue weighted by molar-refractivity contribution is -0.114. The Bertz CT molecular complexity index is 552. The smallest absolute Gasteiger partial charge is 0.253 e. The van der Waals surface area contributed by atoms with Gasteiger partial charge in [-0.25, -0.2) is 4.39 Å². The lowest BCUT2D eigenvalue weighted by Gasteiger charge is -2.15. The summed E-state index contributed by atoms with van der Waals surface area (Å²) in [4.78, 5) is 23.2. The molecule has 0 aliphatic heterocycles. The van der Waals surface area contributed by atoms with E-state index in [4.69, 9.17) is 5.26 Å². The quantitative estimate of drug-likeness (QED) is 0.865. The maximum atomic E-state index is 13.2. The Morgan fingerprint density at radius 1 is 1.45 bits per heavy atom. The molecule has 2 N–H and O–H groups in total. The highest BCUT2D eigenvalue weighted by Gasteiger charge is 2.16. The number of carbonyl (C=O) groups is 2. The fraction of sp³-hybridized carbons (Fsp3) is 0.357. The number of carbonyl (C=O) groups excluding carboxylic acids is 2. The minimum absolute atomic E-state index is 0.113. The topological polar surface area (TPSA) is 82.0 Å². The fourth-order valence-corrected chi connectivity index (χ4v) is 1.68. The molecule has 5 nitrogen and oxygen atoms in total. The lowest BCUT2D eigenvalue weighted by Crippen LogP contribution is -2.34. The van der Waals surface area contributed by atoms with Gasteiger partial charge in [-0.2, -0.15) is 5.26 Å². The number of amides is 2. The number of rotatable bonds is 5. The Morgan fingerprint density at radius 2 is 2.15 bits per heavy atom. The first-order valence-corrected chi connectivity index (χ1v) is 6.22. The van der Waals surface area contributed by atoms with Crippen molar-refractivity contribution in [1.82, 2.24) is 5.32 Å². The van der Waals surface area contributed by atoms with Crippen molar-refractivity contribution in [3.05, 3.63) is 29.6 Å². The van der Waals surface area contributed by atoms with Gasteiger partial charge in [0.25, 0.3) is 5.91 Å². The van der Waals surface area contributed by atoms with Crippen molar-refractivity contribution < 1.29 is 14.0 Å². The predicted octanol–water partition coefficient (Wildman–Crippen LogP) is 2.21. The SMILES string of the molecule is CCC(CC#N)NC(=O)c1ccc(F)cc1NC(C)=O. The van der Waals surface area contributed by atoms with E-state index in [-0.39, 0.29) is 23.7 Å². The predicted molar refractivity (Wildman–Crippen MR) is 72.5 cm³/mol. The maximum absolute atomic E-state index is 13.2. The van der Waals surface area contributed by atoms with Crippen molar-refractivity contribution in [2.45, 2.75) is 32.7 Å². The van der Waals surface area contributed by atoms with Gasteiger partial charge in [0.15, 0.2) is 0 Å². The van der Waals surface area contributed by atoms with E-state index < -0.39 is 17.6 Å². The summed E-state index contributed by atoms with van der Waals surface area (Å²) in [6.45, 7) is 3.12. The van der Waals surface area contributed by atoms with E-state index in [9.17, 15) is 14.0 Å². The van der Waals surface area contributed by atoms with Gasteiger partial charge in [-0.15, -0.1) is 0 Å². The third kappa shape index (κ3) is 4.35. The average Bonchev–Trinajstić information content (AvgIpc) is 2.37. The van der Waals surface area contributed by atoms with Gasteiger partial charge in [0.1, 0.15) is 5.82 Å². The third-order valence-electron chi connectivity index (χ3n) is 2.70. The van der Waals surface area contributed by atoms with Gasteiger partial charge in [0.05, 0.1) is 23.7 Å². The first-order valence-electron chi connectivity index (χ1n) is 6.22. The zero-order valence-corrected chi connectivity index (χ0v) is 11.4. The highest BCUT2D eigenvalue weighted by Crippen LogP contribution is 2.17. The maximum Gasteiger partial charge on any atom is 0.253 e. The van der Waals surface area contributed by atoms with Crippen LogP contribution in [0.3, 0.4) is 0 Å². The van der Waals surface area contributed by atoms with E-state index >= 15 is 0 Å². The van der Waals surface area contributed by atoms with Gasteiger partial charge in [0.2, 0.25) is 5.91 Å². The Kier molecular flexibility index (Phi) is 5.66. The second-order valence-electron chi connectivity index (χ2n) is 4.31. The number of nitrogens with one attached hydrogen (secondary N) is 2. The Morgan fingerprint density at radius 3 is 2.70 bits per heavy atom. The van der Waals surface area contributed by atoms with Crippen LogP contribution in [-0.2, 0) is 4.79 Å². The molecule has 1 aromatic carbocycles. The van der Waals surface area contributed by atoms with Gasteiger partial charge in [-0.1, -0.05) is 6.92 Å². The van der Waals surface area contributed by atoms with Crippen LogP contribution in [0, 0.1) is 17.1 Å². The number of nitriles is 1. The fourth-order valence-electron chi connectivity index (χ4n) is 1.68. The summed E-state index contributed by atoms with van der Waals surface area (Å²) in [6.07, 6.45) is 0.800. The highest BCUT2D eigenvalue weighted by atomic mass is 19.1. The van der Waals surface area contributed by atoms with Crippen LogP contribution in [0.5, 0.6) is 0 Å². The molecule has 1 aromatic rings. The van der Waals surface area contributed by atoms with Crippen molar-refractivity contribution in [3.63, 3.8) is 0 Å². The molecule has 0 aliphatic carbocycles. The number of benzene rings is 1. The van der Waals surface area contributed by atoms with E-state index in [0.29, 0.717) is 6.42 Å². The van der Waals surface area contributed by atoms with Crippen molar-refractivity contribution in [2.75, 3.05) is 5.32 Å². The molecular formula is C14H16FN3O2.